The summed E-state index contributed by atoms with van der Waals surface area (Å²) in [7, 11) is 0. The molecule has 9 heteroatoms. The molecule has 1 unspecified atom stereocenters. The lowest BCUT2D eigenvalue weighted by atomic mass is 10.0. The van der Waals surface area contributed by atoms with Gasteiger partial charge in [-0.3, -0.25) is 4.55 Å². The number of aryl methyl sites for hydroxylation is 1. The normalized spacial score (nSPS) is 12.2. The van der Waals surface area contributed by atoms with Gasteiger partial charge in [0.15, 0.2) is 0 Å². The molecule has 0 fully saturated rings. The highest BCUT2D eigenvalue weighted by Crippen LogP contribution is 2.41. The van der Waals surface area contributed by atoms with Crippen molar-refractivity contribution < 1.29 is 18.3 Å². The van der Waals surface area contributed by atoms with E-state index in [0.29, 0.717) is 17.5 Å². The van der Waals surface area contributed by atoms with Crippen molar-refractivity contribution in [1.29, 1.82) is 0 Å². The van der Waals surface area contributed by atoms with Crippen molar-refractivity contribution >= 4 is 33.7 Å². The third kappa shape index (κ3) is 5.61. The zero-order valence-electron chi connectivity index (χ0n) is 18.1. The van der Waals surface area contributed by atoms with Crippen LogP contribution in [-0.4, -0.2) is 31.0 Å². The number of aromatic nitrogens is 2. The molecule has 3 aromatic rings. The van der Waals surface area contributed by atoms with Crippen LogP contribution in [0.3, 0.4) is 0 Å². The third-order valence-electron chi connectivity index (χ3n) is 4.69. The van der Waals surface area contributed by atoms with E-state index >= 15 is 0 Å². The number of rotatable bonds is 8. The molecule has 0 spiro atoms. The molecule has 1 N–H and O–H groups in total. The lowest BCUT2D eigenvalue weighted by Gasteiger charge is -2.17. The van der Waals surface area contributed by atoms with Gasteiger partial charge >= 0.3 is 6.09 Å². The van der Waals surface area contributed by atoms with Gasteiger partial charge in [-0.15, -0.1) is 11.3 Å². The van der Waals surface area contributed by atoms with E-state index in [1.165, 1.54) is 11.3 Å². The maximum atomic E-state index is 12.4. The van der Waals surface area contributed by atoms with Gasteiger partial charge in [-0.25, -0.2) is 14.0 Å². The van der Waals surface area contributed by atoms with Crippen LogP contribution < -0.4 is 4.31 Å². The van der Waals surface area contributed by atoms with E-state index < -0.39 is 17.4 Å². The van der Waals surface area contributed by atoms with Gasteiger partial charge < -0.3 is 9.30 Å². The van der Waals surface area contributed by atoms with Crippen molar-refractivity contribution in [3.8, 4) is 11.1 Å². The highest BCUT2D eigenvalue weighted by molar-refractivity contribution is 7.82. The van der Waals surface area contributed by atoms with Crippen LogP contribution in [0.4, 0.5) is 9.80 Å². The predicted octanol–water partition coefficient (Wildman–Crippen LogP) is 5.27. The molecule has 2 heterocycles. The van der Waals surface area contributed by atoms with Gasteiger partial charge in [0.25, 0.3) is 11.3 Å². The number of thiophene rings is 1. The van der Waals surface area contributed by atoms with Crippen molar-refractivity contribution in [3.63, 3.8) is 0 Å². The van der Waals surface area contributed by atoms with Crippen molar-refractivity contribution in [2.75, 3.05) is 10.9 Å². The smallest absolute Gasteiger partial charge is 0.429 e. The first-order valence-corrected chi connectivity index (χ1v) is 12.0. The Balaban J connectivity index is 1.98. The quantitative estimate of drug-likeness (QED) is 0.462. The second kappa shape index (κ2) is 10.2. The van der Waals surface area contributed by atoms with Gasteiger partial charge in [0.1, 0.15) is 10.8 Å². The fourth-order valence-corrected chi connectivity index (χ4v) is 5.26. The first-order chi connectivity index (χ1) is 14.8. The number of nitrogens with zero attached hydrogens (tertiary/aromatic N) is 3. The van der Waals surface area contributed by atoms with E-state index in [1.807, 2.05) is 43.5 Å². The van der Waals surface area contributed by atoms with Crippen LogP contribution in [0.5, 0.6) is 0 Å². The molecule has 166 valence electrons. The Hall–Kier alpha value is -2.49. The molecule has 0 aliphatic heterocycles. The number of ether oxygens (including phenoxy) is 1. The Kier molecular flexibility index (Phi) is 7.64. The summed E-state index contributed by atoms with van der Waals surface area (Å²) in [6, 6.07) is 9.96. The molecule has 1 aromatic carbocycles. The van der Waals surface area contributed by atoms with Crippen LogP contribution in [0.15, 0.2) is 42.7 Å². The van der Waals surface area contributed by atoms with E-state index in [-0.39, 0.29) is 6.61 Å². The highest BCUT2D eigenvalue weighted by atomic mass is 32.2. The minimum atomic E-state index is -2.54. The number of hydrogen-bond acceptors (Lipinski definition) is 5. The van der Waals surface area contributed by atoms with Gasteiger partial charge in [0.05, 0.1) is 6.61 Å². The Labute approximate surface area is 189 Å². The van der Waals surface area contributed by atoms with Crippen molar-refractivity contribution in [3.05, 3.63) is 59.0 Å². The lowest BCUT2D eigenvalue weighted by Crippen LogP contribution is -2.32. The number of carbonyl (C=O) groups is 1. The van der Waals surface area contributed by atoms with E-state index in [2.05, 4.69) is 23.4 Å². The molecule has 7 nitrogen and oxygen atoms in total. The Morgan fingerprint density at radius 2 is 2.03 bits per heavy atom. The summed E-state index contributed by atoms with van der Waals surface area (Å²) in [6.45, 7) is 8.67. The number of hydrogen-bond donors (Lipinski definition) is 1. The lowest BCUT2D eigenvalue weighted by molar-refractivity contribution is 0.164. The monoisotopic (exact) mass is 461 g/mol. The van der Waals surface area contributed by atoms with Gasteiger partial charge in [-0.1, -0.05) is 38.1 Å². The molecule has 3 rings (SSSR count). The maximum absolute atomic E-state index is 12.4. The number of benzene rings is 1. The van der Waals surface area contributed by atoms with Crippen molar-refractivity contribution in [2.24, 2.45) is 5.92 Å². The molecular weight excluding hydrogens is 434 g/mol. The number of amides is 1. The SMILES string of the molecule is CCOC(=O)N(c1sc(CC(C)C)cc1-c1ccc(Cn2ccnc2C)cc1)S(=O)O. The average Bonchev–Trinajstić information content (AvgIpc) is 3.28. The maximum Gasteiger partial charge on any atom is 0.429 e. The first-order valence-electron chi connectivity index (χ1n) is 10.1. The Morgan fingerprint density at radius 1 is 1.32 bits per heavy atom. The average molecular weight is 462 g/mol. The molecule has 0 saturated heterocycles. The summed E-state index contributed by atoms with van der Waals surface area (Å²) in [6.07, 6.45) is 3.68. The molecule has 31 heavy (non-hydrogen) atoms. The molecule has 2 aromatic heterocycles. The molecule has 1 atom stereocenters. The molecule has 1 amide bonds. The summed E-state index contributed by atoms with van der Waals surface area (Å²) < 4.78 is 29.8. The van der Waals surface area contributed by atoms with Gasteiger partial charge in [-0.05, 0) is 43.4 Å². The molecular formula is C22H27N3O4S2. The van der Waals surface area contributed by atoms with Crippen LogP contribution >= 0.6 is 11.3 Å². The highest BCUT2D eigenvalue weighted by Gasteiger charge is 2.28. The second-order valence-electron chi connectivity index (χ2n) is 7.55. The molecule has 0 radical (unpaired) electrons. The standard InChI is InChI=1S/C22H27N3O4S2/c1-5-29-22(26)25(31(27)28)21-20(13-19(30-21)12-15(2)3)18-8-6-17(7-9-18)14-24-11-10-23-16(24)4/h6-11,13,15H,5,12,14H2,1-4H3,(H,27,28). The Bertz CT molecular complexity index is 1060. The summed E-state index contributed by atoms with van der Waals surface area (Å²) >= 11 is -1.20. The zero-order valence-corrected chi connectivity index (χ0v) is 19.7. The van der Waals surface area contributed by atoms with Crippen LogP contribution in [-0.2, 0) is 29.0 Å². The molecule has 0 aliphatic rings. The third-order valence-corrected chi connectivity index (χ3v) is 6.59. The Morgan fingerprint density at radius 3 is 2.58 bits per heavy atom. The topological polar surface area (TPSA) is 84.7 Å². The number of imidazole rings is 1. The fourth-order valence-electron chi connectivity index (χ4n) is 3.25. The van der Waals surface area contributed by atoms with Crippen LogP contribution in [0.2, 0.25) is 0 Å². The van der Waals surface area contributed by atoms with E-state index in [9.17, 15) is 13.6 Å². The first kappa shape index (κ1) is 23.2. The predicted molar refractivity (Wildman–Crippen MR) is 125 cm³/mol. The van der Waals surface area contributed by atoms with Gasteiger partial charge in [-0.2, -0.15) is 4.31 Å². The summed E-state index contributed by atoms with van der Waals surface area (Å²) in [5.74, 6) is 1.36. The van der Waals surface area contributed by atoms with E-state index in [1.54, 1.807) is 13.1 Å². The summed E-state index contributed by atoms with van der Waals surface area (Å²) in [5.41, 5.74) is 2.71. The number of anilines is 1. The van der Waals surface area contributed by atoms with Gasteiger partial charge in [0.2, 0.25) is 0 Å². The van der Waals surface area contributed by atoms with Crippen LogP contribution in [0.25, 0.3) is 11.1 Å². The van der Waals surface area contributed by atoms with Crippen molar-refractivity contribution in [2.45, 2.75) is 40.7 Å². The minimum absolute atomic E-state index is 0.120. The van der Waals surface area contributed by atoms with E-state index in [0.717, 1.165) is 38.1 Å². The van der Waals surface area contributed by atoms with Crippen molar-refractivity contribution in [1.82, 2.24) is 9.55 Å². The molecule has 0 saturated carbocycles. The largest absolute Gasteiger partial charge is 0.449 e. The van der Waals surface area contributed by atoms with E-state index in [4.69, 9.17) is 4.74 Å². The summed E-state index contributed by atoms with van der Waals surface area (Å²) in [5, 5.41) is 0.410. The number of carbonyl (C=O) groups excluding carboxylic acids is 1. The molecule has 0 bridgehead atoms. The summed E-state index contributed by atoms with van der Waals surface area (Å²) in [4.78, 5) is 17.7. The molecule has 0 aliphatic carbocycles. The fraction of sp³-hybridized carbons (Fsp3) is 0.364. The zero-order chi connectivity index (χ0) is 22.5. The second-order valence-corrected chi connectivity index (χ2v) is 9.49. The minimum Gasteiger partial charge on any atom is -0.449 e. The van der Waals surface area contributed by atoms with Crippen LogP contribution in [0.1, 0.15) is 37.0 Å². The van der Waals surface area contributed by atoms with Crippen LogP contribution in [0, 0.1) is 12.8 Å². The van der Waals surface area contributed by atoms with Gasteiger partial charge in [0, 0.05) is 29.4 Å².